The number of anilines is 1. The predicted molar refractivity (Wildman–Crippen MR) is 140 cm³/mol. The highest BCUT2D eigenvalue weighted by molar-refractivity contribution is 7.73. The average Bonchev–Trinajstić information content (AvgIpc) is 3.57. The molecular formula is C29H29N2O2P. The SMILES string of the molecule is Cc1cc(C)c(N2[C]N(CP(c3cccc4c3OCC4)c3cccc4c3OCC4)C=C2)c(C)c1. The van der Waals surface area contributed by atoms with Gasteiger partial charge in [-0.05, 0) is 50.9 Å². The molecule has 0 saturated heterocycles. The number of fused-ring (bicyclic) bond motifs is 2. The lowest BCUT2D eigenvalue weighted by atomic mass is 10.0. The Morgan fingerprint density at radius 3 is 2.00 bits per heavy atom. The molecule has 3 aliphatic rings. The molecule has 3 aromatic carbocycles. The second kappa shape index (κ2) is 8.67. The molecule has 2 radical (unpaired) electrons. The summed E-state index contributed by atoms with van der Waals surface area (Å²) in [5, 5.41) is 2.59. The zero-order valence-electron chi connectivity index (χ0n) is 20.0. The van der Waals surface area contributed by atoms with Gasteiger partial charge >= 0.3 is 0 Å². The smallest absolute Gasteiger partial charge is 0.213 e. The van der Waals surface area contributed by atoms with E-state index in [4.69, 9.17) is 9.47 Å². The van der Waals surface area contributed by atoms with Gasteiger partial charge in [0.15, 0.2) is 0 Å². The maximum absolute atomic E-state index is 6.16. The fourth-order valence-corrected chi connectivity index (χ4v) is 7.83. The highest BCUT2D eigenvalue weighted by Gasteiger charge is 2.31. The molecule has 4 nitrogen and oxygen atoms in total. The molecule has 3 aliphatic heterocycles. The Morgan fingerprint density at radius 1 is 0.824 bits per heavy atom. The lowest BCUT2D eigenvalue weighted by molar-refractivity contribution is 0.358. The molecule has 34 heavy (non-hydrogen) atoms. The van der Waals surface area contributed by atoms with Crippen molar-refractivity contribution in [3.63, 3.8) is 0 Å². The van der Waals surface area contributed by atoms with Gasteiger partial charge in [-0.3, -0.25) is 0 Å². The molecule has 6 rings (SSSR count). The topological polar surface area (TPSA) is 24.9 Å². The van der Waals surface area contributed by atoms with Gasteiger partial charge in [0.25, 0.3) is 0 Å². The molecule has 0 unspecified atom stereocenters. The molecule has 3 heterocycles. The van der Waals surface area contributed by atoms with Gasteiger partial charge in [-0.15, -0.1) is 0 Å². The van der Waals surface area contributed by atoms with Crippen LogP contribution in [0.3, 0.4) is 0 Å². The summed E-state index contributed by atoms with van der Waals surface area (Å²) in [6.45, 7) is 11.6. The fourth-order valence-electron chi connectivity index (χ4n) is 5.36. The first-order valence-corrected chi connectivity index (χ1v) is 13.5. The normalized spacial score (nSPS) is 16.1. The second-order valence-electron chi connectivity index (χ2n) is 9.28. The van der Waals surface area contributed by atoms with Gasteiger partial charge in [-0.25, -0.2) is 0 Å². The first-order valence-electron chi connectivity index (χ1n) is 11.9. The van der Waals surface area contributed by atoms with Crippen LogP contribution >= 0.6 is 7.92 Å². The third kappa shape index (κ3) is 3.75. The lowest BCUT2D eigenvalue weighted by Crippen LogP contribution is -2.26. The summed E-state index contributed by atoms with van der Waals surface area (Å²) >= 11 is 0. The van der Waals surface area contributed by atoms with E-state index in [1.807, 2.05) is 0 Å². The Morgan fingerprint density at radius 2 is 1.41 bits per heavy atom. The molecule has 172 valence electrons. The number of benzene rings is 3. The molecule has 0 aromatic heterocycles. The van der Waals surface area contributed by atoms with E-state index < -0.39 is 7.92 Å². The van der Waals surface area contributed by atoms with Gasteiger partial charge < -0.3 is 19.3 Å². The number of hydrogen-bond donors (Lipinski definition) is 0. The molecular weight excluding hydrogens is 439 g/mol. The predicted octanol–water partition coefficient (Wildman–Crippen LogP) is 5.16. The van der Waals surface area contributed by atoms with Gasteiger partial charge in [0, 0.05) is 47.8 Å². The van der Waals surface area contributed by atoms with Gasteiger partial charge in [-0.2, -0.15) is 0 Å². The molecule has 0 amide bonds. The minimum Gasteiger partial charge on any atom is -0.492 e. The quantitative estimate of drug-likeness (QED) is 0.483. The molecule has 5 heteroatoms. The van der Waals surface area contributed by atoms with Crippen molar-refractivity contribution in [2.75, 3.05) is 24.4 Å². The van der Waals surface area contributed by atoms with Crippen LogP contribution in [0.2, 0.25) is 0 Å². The van der Waals surface area contributed by atoms with Crippen LogP contribution in [0.1, 0.15) is 27.8 Å². The van der Waals surface area contributed by atoms with E-state index in [-0.39, 0.29) is 0 Å². The third-order valence-corrected chi connectivity index (χ3v) is 9.23. The Hall–Kier alpha value is -2.97. The van der Waals surface area contributed by atoms with Crippen molar-refractivity contribution in [3.05, 3.63) is 95.4 Å². The van der Waals surface area contributed by atoms with Crippen LogP contribution in [-0.2, 0) is 12.8 Å². The van der Waals surface area contributed by atoms with Gasteiger partial charge in [-0.1, -0.05) is 54.1 Å². The summed E-state index contributed by atoms with van der Waals surface area (Å²) in [4.78, 5) is 4.34. The zero-order chi connectivity index (χ0) is 23.2. The minimum atomic E-state index is -0.740. The molecule has 0 spiro atoms. The summed E-state index contributed by atoms with van der Waals surface area (Å²) in [7, 11) is -0.740. The molecule has 0 fully saturated rings. The van der Waals surface area contributed by atoms with Gasteiger partial charge in [0.05, 0.1) is 13.2 Å². The number of para-hydroxylation sites is 2. The molecule has 3 aromatic rings. The number of rotatable bonds is 5. The Bertz CT molecular complexity index is 1200. The summed E-state index contributed by atoms with van der Waals surface area (Å²) < 4.78 is 12.3. The number of aryl methyl sites for hydroxylation is 3. The van der Waals surface area contributed by atoms with Crippen LogP contribution in [-0.4, -0.2) is 24.4 Å². The first kappa shape index (κ1) is 21.6. The highest BCUT2D eigenvalue weighted by atomic mass is 31.1. The maximum Gasteiger partial charge on any atom is 0.213 e. The van der Waals surface area contributed by atoms with E-state index in [1.165, 1.54) is 44.1 Å². The summed E-state index contributed by atoms with van der Waals surface area (Å²) in [6.07, 6.45) is 7.05. The molecule has 0 atom stereocenters. The first-order chi connectivity index (χ1) is 16.6. The Balaban J connectivity index is 1.34. The van der Waals surface area contributed by atoms with Crippen molar-refractivity contribution in [3.8, 4) is 11.5 Å². The van der Waals surface area contributed by atoms with Crippen molar-refractivity contribution in [2.45, 2.75) is 33.6 Å². The van der Waals surface area contributed by atoms with E-state index >= 15 is 0 Å². The van der Waals surface area contributed by atoms with Gasteiger partial charge in [0.2, 0.25) is 6.67 Å². The van der Waals surface area contributed by atoms with Crippen molar-refractivity contribution < 1.29 is 9.47 Å². The summed E-state index contributed by atoms with van der Waals surface area (Å²) in [5.74, 6) is 2.16. The van der Waals surface area contributed by atoms with Crippen LogP contribution in [0, 0.1) is 27.4 Å². The van der Waals surface area contributed by atoms with Crippen molar-refractivity contribution in [1.82, 2.24) is 4.90 Å². The zero-order valence-corrected chi connectivity index (χ0v) is 20.9. The van der Waals surface area contributed by atoms with Crippen molar-refractivity contribution >= 4 is 24.2 Å². The van der Waals surface area contributed by atoms with Crippen LogP contribution in [0.25, 0.3) is 0 Å². The van der Waals surface area contributed by atoms with E-state index in [0.29, 0.717) is 0 Å². The van der Waals surface area contributed by atoms with E-state index in [1.54, 1.807) is 0 Å². The second-order valence-corrected chi connectivity index (χ2v) is 11.4. The Labute approximate surface area is 203 Å². The molecule has 0 aliphatic carbocycles. The molecule has 0 saturated carbocycles. The van der Waals surface area contributed by atoms with E-state index in [2.05, 4.69) is 98.2 Å². The van der Waals surface area contributed by atoms with Crippen LogP contribution in [0.4, 0.5) is 5.69 Å². The standard InChI is InChI=1S/C29H29N2O2P/c1-20-16-21(2)27(22(3)17-20)31-13-12-30(18-31)19-34(25-8-4-6-23-10-14-32-28(23)25)26-9-5-7-24-11-15-33-29(24)26/h4-9,12-13,16-17H,10-11,14-15,19H2,1-3H3. The highest BCUT2D eigenvalue weighted by Crippen LogP contribution is 2.45. The van der Waals surface area contributed by atoms with Crippen LogP contribution < -0.4 is 25.0 Å². The molecule has 0 bridgehead atoms. The fraction of sp³-hybridized carbons (Fsp3) is 0.276. The summed E-state index contributed by atoms with van der Waals surface area (Å²) in [6, 6.07) is 17.7. The monoisotopic (exact) mass is 468 g/mol. The van der Waals surface area contributed by atoms with E-state index in [0.717, 1.165) is 43.8 Å². The largest absolute Gasteiger partial charge is 0.492 e. The third-order valence-electron chi connectivity index (χ3n) is 6.77. The van der Waals surface area contributed by atoms with Crippen LogP contribution in [0.15, 0.2) is 60.9 Å². The van der Waals surface area contributed by atoms with E-state index in [9.17, 15) is 0 Å². The van der Waals surface area contributed by atoms with Gasteiger partial charge in [0.1, 0.15) is 11.5 Å². The van der Waals surface area contributed by atoms with Crippen molar-refractivity contribution in [2.24, 2.45) is 0 Å². The summed E-state index contributed by atoms with van der Waals surface area (Å²) in [5.41, 5.74) is 7.66. The number of hydrogen-bond acceptors (Lipinski definition) is 4. The van der Waals surface area contributed by atoms with Crippen LogP contribution in [0.5, 0.6) is 11.5 Å². The average molecular weight is 469 g/mol. The lowest BCUT2D eigenvalue weighted by Gasteiger charge is -2.28. The van der Waals surface area contributed by atoms with Crippen molar-refractivity contribution in [1.29, 1.82) is 0 Å². The number of nitrogens with zero attached hydrogens (tertiary/aromatic N) is 2. The maximum atomic E-state index is 6.16. The molecule has 0 N–H and O–H groups in total. The minimum absolute atomic E-state index is 0.740. The Kier molecular flexibility index (Phi) is 5.50. The number of ether oxygens (including phenoxy) is 2.